The SMILES string of the molecule is CCCC(C)(c1ccc(Cl)cc1)C(CC(C)C)N(C)C. The van der Waals surface area contributed by atoms with E-state index in [1.54, 1.807) is 0 Å². The summed E-state index contributed by atoms with van der Waals surface area (Å²) < 4.78 is 0. The molecule has 0 aliphatic heterocycles. The normalized spacial score (nSPS) is 16.4. The highest BCUT2D eigenvalue weighted by molar-refractivity contribution is 6.30. The zero-order valence-corrected chi connectivity index (χ0v) is 14.7. The summed E-state index contributed by atoms with van der Waals surface area (Å²) in [4.78, 5) is 2.39. The lowest BCUT2D eigenvalue weighted by atomic mass is 9.70. The molecule has 2 unspecified atom stereocenters. The molecule has 0 saturated heterocycles. The summed E-state index contributed by atoms with van der Waals surface area (Å²) in [5.74, 6) is 0.700. The van der Waals surface area contributed by atoms with Crippen molar-refractivity contribution in [3.05, 3.63) is 34.9 Å². The van der Waals surface area contributed by atoms with Crippen molar-refractivity contribution in [1.29, 1.82) is 0 Å². The molecule has 0 bridgehead atoms. The molecule has 2 atom stereocenters. The molecule has 20 heavy (non-hydrogen) atoms. The molecule has 0 aliphatic carbocycles. The molecular weight excluding hydrogens is 266 g/mol. The minimum Gasteiger partial charge on any atom is -0.306 e. The lowest BCUT2D eigenvalue weighted by Gasteiger charge is -2.43. The van der Waals surface area contributed by atoms with Crippen LogP contribution in [0.1, 0.15) is 52.5 Å². The summed E-state index contributed by atoms with van der Waals surface area (Å²) in [6.07, 6.45) is 3.61. The number of hydrogen-bond acceptors (Lipinski definition) is 1. The molecule has 0 fully saturated rings. The van der Waals surface area contributed by atoms with Gasteiger partial charge in [-0.05, 0) is 50.6 Å². The predicted molar refractivity (Wildman–Crippen MR) is 90.6 cm³/mol. The Labute approximate surface area is 130 Å². The number of rotatable bonds is 7. The van der Waals surface area contributed by atoms with Gasteiger partial charge in [-0.2, -0.15) is 0 Å². The number of nitrogens with zero attached hydrogens (tertiary/aromatic N) is 1. The molecule has 0 radical (unpaired) electrons. The smallest absolute Gasteiger partial charge is 0.0406 e. The van der Waals surface area contributed by atoms with E-state index in [1.807, 2.05) is 12.1 Å². The maximum absolute atomic E-state index is 6.05. The van der Waals surface area contributed by atoms with Crippen LogP contribution in [0.5, 0.6) is 0 Å². The van der Waals surface area contributed by atoms with Gasteiger partial charge in [-0.15, -0.1) is 0 Å². The van der Waals surface area contributed by atoms with Crippen molar-refractivity contribution in [2.45, 2.75) is 58.4 Å². The molecule has 1 aromatic rings. The Kier molecular flexibility index (Phi) is 6.54. The lowest BCUT2D eigenvalue weighted by Crippen LogP contribution is -2.46. The van der Waals surface area contributed by atoms with Gasteiger partial charge in [0, 0.05) is 16.5 Å². The van der Waals surface area contributed by atoms with Crippen LogP contribution in [0.15, 0.2) is 24.3 Å². The highest BCUT2D eigenvalue weighted by Crippen LogP contribution is 2.38. The van der Waals surface area contributed by atoms with Crippen molar-refractivity contribution >= 4 is 11.6 Å². The summed E-state index contributed by atoms with van der Waals surface area (Å²) in [7, 11) is 4.41. The maximum atomic E-state index is 6.05. The quantitative estimate of drug-likeness (QED) is 0.653. The molecule has 1 nitrogen and oxygen atoms in total. The van der Waals surface area contributed by atoms with Crippen LogP contribution >= 0.6 is 11.6 Å². The van der Waals surface area contributed by atoms with Gasteiger partial charge in [-0.1, -0.05) is 57.8 Å². The fourth-order valence-corrected chi connectivity index (χ4v) is 3.47. The Hall–Kier alpha value is -0.530. The standard InChI is InChI=1S/C18H30ClN/c1-7-12-18(4,15-8-10-16(19)11-9-15)17(20(5)6)13-14(2)3/h8-11,14,17H,7,12-13H2,1-6H3. The molecule has 1 rings (SSSR count). The third kappa shape index (κ3) is 4.23. The summed E-state index contributed by atoms with van der Waals surface area (Å²) in [6.45, 7) is 9.30. The molecule has 0 heterocycles. The van der Waals surface area contributed by atoms with Crippen LogP contribution in [0.3, 0.4) is 0 Å². The molecule has 0 amide bonds. The third-order valence-corrected chi connectivity index (χ3v) is 4.58. The van der Waals surface area contributed by atoms with Gasteiger partial charge in [0.25, 0.3) is 0 Å². The van der Waals surface area contributed by atoms with E-state index in [1.165, 1.54) is 24.8 Å². The summed E-state index contributed by atoms with van der Waals surface area (Å²) >= 11 is 6.05. The van der Waals surface area contributed by atoms with Crippen molar-refractivity contribution in [2.24, 2.45) is 5.92 Å². The molecule has 0 aliphatic rings. The molecule has 0 saturated carbocycles. The Bertz CT molecular complexity index is 396. The van der Waals surface area contributed by atoms with Gasteiger partial charge in [0.2, 0.25) is 0 Å². The van der Waals surface area contributed by atoms with Crippen molar-refractivity contribution < 1.29 is 0 Å². The lowest BCUT2D eigenvalue weighted by molar-refractivity contribution is 0.149. The average molecular weight is 296 g/mol. The highest BCUT2D eigenvalue weighted by atomic mass is 35.5. The molecule has 0 spiro atoms. The monoisotopic (exact) mass is 295 g/mol. The Morgan fingerprint density at radius 3 is 2.10 bits per heavy atom. The van der Waals surface area contributed by atoms with Gasteiger partial charge in [0.15, 0.2) is 0 Å². The van der Waals surface area contributed by atoms with Gasteiger partial charge in [0.1, 0.15) is 0 Å². The second-order valence-corrected chi connectivity index (χ2v) is 7.22. The predicted octanol–water partition coefficient (Wildman–Crippen LogP) is 5.37. The second-order valence-electron chi connectivity index (χ2n) is 6.78. The van der Waals surface area contributed by atoms with E-state index in [9.17, 15) is 0 Å². The van der Waals surface area contributed by atoms with E-state index < -0.39 is 0 Å². The minimum atomic E-state index is 0.174. The van der Waals surface area contributed by atoms with E-state index in [-0.39, 0.29) is 5.41 Å². The highest BCUT2D eigenvalue weighted by Gasteiger charge is 2.36. The fraction of sp³-hybridized carbons (Fsp3) is 0.667. The first-order chi connectivity index (χ1) is 9.31. The number of benzene rings is 1. The number of likely N-dealkylation sites (N-methyl/N-ethyl adjacent to an activating group) is 1. The summed E-state index contributed by atoms with van der Waals surface area (Å²) in [6, 6.07) is 8.99. The summed E-state index contributed by atoms with van der Waals surface area (Å²) in [5.41, 5.74) is 1.58. The van der Waals surface area contributed by atoms with Gasteiger partial charge in [0.05, 0.1) is 0 Å². The zero-order chi connectivity index (χ0) is 15.3. The molecular formula is C18H30ClN. The van der Waals surface area contributed by atoms with Crippen LogP contribution in [-0.4, -0.2) is 25.0 Å². The molecule has 1 aromatic carbocycles. The Morgan fingerprint density at radius 2 is 1.70 bits per heavy atom. The van der Waals surface area contributed by atoms with Crippen molar-refractivity contribution in [3.63, 3.8) is 0 Å². The van der Waals surface area contributed by atoms with Crippen molar-refractivity contribution in [3.8, 4) is 0 Å². The topological polar surface area (TPSA) is 3.24 Å². The average Bonchev–Trinajstić information content (AvgIpc) is 2.36. The molecule has 0 N–H and O–H groups in total. The van der Waals surface area contributed by atoms with Gasteiger partial charge in [-0.3, -0.25) is 0 Å². The van der Waals surface area contributed by atoms with E-state index in [4.69, 9.17) is 11.6 Å². The van der Waals surface area contributed by atoms with E-state index in [0.29, 0.717) is 12.0 Å². The van der Waals surface area contributed by atoms with Crippen LogP contribution in [-0.2, 0) is 5.41 Å². The van der Waals surface area contributed by atoms with Gasteiger partial charge < -0.3 is 4.90 Å². The number of halogens is 1. The van der Waals surface area contributed by atoms with Gasteiger partial charge >= 0.3 is 0 Å². The molecule has 0 aromatic heterocycles. The van der Waals surface area contributed by atoms with E-state index in [0.717, 1.165) is 5.02 Å². The molecule has 2 heteroatoms. The van der Waals surface area contributed by atoms with Crippen LogP contribution in [0.25, 0.3) is 0 Å². The van der Waals surface area contributed by atoms with Crippen molar-refractivity contribution in [1.82, 2.24) is 4.90 Å². The Balaban J connectivity index is 3.19. The largest absolute Gasteiger partial charge is 0.306 e. The van der Waals surface area contributed by atoms with E-state index >= 15 is 0 Å². The molecule has 114 valence electrons. The van der Waals surface area contributed by atoms with Crippen molar-refractivity contribution in [2.75, 3.05) is 14.1 Å². The summed E-state index contributed by atoms with van der Waals surface area (Å²) in [5, 5.41) is 0.817. The first kappa shape index (κ1) is 17.5. The minimum absolute atomic E-state index is 0.174. The second kappa shape index (κ2) is 7.47. The van der Waals surface area contributed by atoms with Crippen LogP contribution in [0.4, 0.5) is 0 Å². The fourth-order valence-electron chi connectivity index (χ4n) is 3.34. The van der Waals surface area contributed by atoms with Crippen LogP contribution < -0.4 is 0 Å². The van der Waals surface area contributed by atoms with Gasteiger partial charge in [-0.25, -0.2) is 0 Å². The maximum Gasteiger partial charge on any atom is 0.0406 e. The van der Waals surface area contributed by atoms with Crippen LogP contribution in [0, 0.1) is 5.92 Å². The number of hydrogen-bond donors (Lipinski definition) is 0. The first-order valence-corrected chi connectivity index (χ1v) is 8.11. The van der Waals surface area contributed by atoms with E-state index in [2.05, 4.69) is 58.8 Å². The Morgan fingerprint density at radius 1 is 1.15 bits per heavy atom. The first-order valence-electron chi connectivity index (χ1n) is 7.73. The van der Waals surface area contributed by atoms with Crippen LogP contribution in [0.2, 0.25) is 5.02 Å². The third-order valence-electron chi connectivity index (χ3n) is 4.33. The zero-order valence-electron chi connectivity index (χ0n) is 13.9.